The topological polar surface area (TPSA) is 23.5 Å². The van der Waals surface area contributed by atoms with Gasteiger partial charge in [0.2, 0.25) is 0 Å². The summed E-state index contributed by atoms with van der Waals surface area (Å²) in [6.45, 7) is 7.72. The minimum Gasteiger partial charge on any atom is -0.393 e. The zero-order chi connectivity index (χ0) is 11.3. The normalized spacial score (nSPS) is 26.8. The molecule has 1 N–H and O–H groups in total. The highest BCUT2D eigenvalue weighted by Crippen LogP contribution is 2.20. The standard InChI is InChI=1S/C12H24BrNO/c1-10(3-6-13)4-7-14-8-5-12(9-14)11(2)15/h10-12,15H,3-9H2,1-2H3. The van der Waals surface area contributed by atoms with E-state index in [0.29, 0.717) is 5.92 Å². The molecule has 15 heavy (non-hydrogen) atoms. The molecule has 1 rings (SSSR count). The zero-order valence-electron chi connectivity index (χ0n) is 9.95. The minimum absolute atomic E-state index is 0.130. The molecule has 1 fully saturated rings. The summed E-state index contributed by atoms with van der Waals surface area (Å²) < 4.78 is 0. The van der Waals surface area contributed by atoms with Crippen molar-refractivity contribution in [3.8, 4) is 0 Å². The number of aliphatic hydroxyl groups is 1. The molecule has 1 aliphatic rings. The average molecular weight is 278 g/mol. The third-order valence-corrected chi connectivity index (χ3v) is 3.99. The number of rotatable bonds is 6. The molecule has 0 aromatic rings. The fourth-order valence-electron chi connectivity index (χ4n) is 2.19. The van der Waals surface area contributed by atoms with Gasteiger partial charge in [-0.3, -0.25) is 0 Å². The Kier molecular flexibility index (Phi) is 6.17. The molecule has 0 radical (unpaired) electrons. The van der Waals surface area contributed by atoms with E-state index in [2.05, 4.69) is 27.8 Å². The lowest BCUT2D eigenvalue weighted by atomic mass is 10.0. The molecule has 0 aromatic heterocycles. The Labute approximate surface area is 102 Å². The molecule has 3 unspecified atom stereocenters. The van der Waals surface area contributed by atoms with E-state index in [1.54, 1.807) is 0 Å². The number of nitrogens with zero attached hydrogens (tertiary/aromatic N) is 1. The summed E-state index contributed by atoms with van der Waals surface area (Å²) in [4.78, 5) is 2.50. The number of hydrogen-bond donors (Lipinski definition) is 1. The monoisotopic (exact) mass is 277 g/mol. The van der Waals surface area contributed by atoms with Crippen LogP contribution in [0, 0.1) is 11.8 Å². The van der Waals surface area contributed by atoms with Crippen molar-refractivity contribution >= 4 is 15.9 Å². The van der Waals surface area contributed by atoms with E-state index in [9.17, 15) is 5.11 Å². The molecular weight excluding hydrogens is 254 g/mol. The van der Waals surface area contributed by atoms with Crippen LogP contribution in [0.1, 0.15) is 33.1 Å². The molecule has 0 spiro atoms. The molecule has 90 valence electrons. The van der Waals surface area contributed by atoms with Gasteiger partial charge in [0.1, 0.15) is 0 Å². The van der Waals surface area contributed by atoms with Crippen LogP contribution in [0.15, 0.2) is 0 Å². The molecule has 3 atom stereocenters. The second kappa shape index (κ2) is 6.87. The van der Waals surface area contributed by atoms with Gasteiger partial charge in [0, 0.05) is 11.9 Å². The van der Waals surface area contributed by atoms with Gasteiger partial charge >= 0.3 is 0 Å². The van der Waals surface area contributed by atoms with Gasteiger partial charge in [-0.15, -0.1) is 0 Å². The lowest BCUT2D eigenvalue weighted by Gasteiger charge is -2.19. The Morgan fingerprint density at radius 1 is 1.40 bits per heavy atom. The summed E-state index contributed by atoms with van der Waals surface area (Å²) >= 11 is 3.49. The largest absolute Gasteiger partial charge is 0.393 e. The second-order valence-electron chi connectivity index (χ2n) is 4.96. The van der Waals surface area contributed by atoms with Crippen LogP contribution in [0.4, 0.5) is 0 Å². The maximum Gasteiger partial charge on any atom is 0.0552 e. The van der Waals surface area contributed by atoms with Gasteiger partial charge in [0.25, 0.3) is 0 Å². The lowest BCUT2D eigenvalue weighted by molar-refractivity contribution is 0.127. The van der Waals surface area contributed by atoms with E-state index in [1.807, 2.05) is 6.92 Å². The molecule has 0 amide bonds. The van der Waals surface area contributed by atoms with Crippen LogP contribution >= 0.6 is 15.9 Å². The molecule has 0 aromatic carbocycles. The maximum atomic E-state index is 9.50. The Morgan fingerprint density at radius 3 is 2.67 bits per heavy atom. The van der Waals surface area contributed by atoms with Crippen LogP contribution in [0.3, 0.4) is 0 Å². The Bertz CT molecular complexity index is 175. The summed E-state index contributed by atoms with van der Waals surface area (Å²) in [5.74, 6) is 1.33. The predicted molar refractivity (Wildman–Crippen MR) is 68.4 cm³/mol. The van der Waals surface area contributed by atoms with Crippen molar-refractivity contribution in [1.82, 2.24) is 4.90 Å². The third-order valence-electron chi connectivity index (χ3n) is 3.53. The molecule has 1 aliphatic heterocycles. The first-order valence-corrected chi connectivity index (χ1v) is 7.22. The van der Waals surface area contributed by atoms with Crippen LogP contribution in [0.2, 0.25) is 0 Å². The summed E-state index contributed by atoms with van der Waals surface area (Å²) in [5, 5.41) is 10.6. The van der Waals surface area contributed by atoms with Crippen molar-refractivity contribution < 1.29 is 5.11 Å². The SMILES string of the molecule is CC(CCBr)CCN1CCC(C(C)O)C1. The highest BCUT2D eigenvalue weighted by Gasteiger charge is 2.25. The fourth-order valence-corrected chi connectivity index (χ4v) is 2.97. The fraction of sp³-hybridized carbons (Fsp3) is 1.00. The minimum atomic E-state index is -0.130. The van der Waals surface area contributed by atoms with E-state index >= 15 is 0 Å². The zero-order valence-corrected chi connectivity index (χ0v) is 11.5. The first-order chi connectivity index (χ1) is 7.13. The lowest BCUT2D eigenvalue weighted by Crippen LogP contribution is -2.26. The van der Waals surface area contributed by atoms with Crippen LogP contribution in [0.5, 0.6) is 0 Å². The van der Waals surface area contributed by atoms with Crippen molar-refractivity contribution in [2.45, 2.75) is 39.2 Å². The number of aliphatic hydroxyl groups excluding tert-OH is 1. The molecule has 0 aliphatic carbocycles. The summed E-state index contributed by atoms with van der Waals surface area (Å²) in [7, 11) is 0. The van der Waals surface area contributed by atoms with E-state index in [1.165, 1.54) is 32.4 Å². The summed E-state index contributed by atoms with van der Waals surface area (Å²) in [6, 6.07) is 0. The molecule has 0 saturated carbocycles. The van der Waals surface area contributed by atoms with Crippen LogP contribution in [-0.4, -0.2) is 41.1 Å². The number of alkyl halides is 1. The Balaban J connectivity index is 2.13. The molecular formula is C12H24BrNO. The number of hydrogen-bond acceptors (Lipinski definition) is 2. The van der Waals surface area contributed by atoms with E-state index in [-0.39, 0.29) is 6.10 Å². The maximum absolute atomic E-state index is 9.50. The van der Waals surface area contributed by atoms with Crippen molar-refractivity contribution in [2.24, 2.45) is 11.8 Å². The second-order valence-corrected chi connectivity index (χ2v) is 5.75. The molecule has 2 nitrogen and oxygen atoms in total. The van der Waals surface area contributed by atoms with Crippen molar-refractivity contribution in [3.63, 3.8) is 0 Å². The Hall–Kier alpha value is 0.400. The van der Waals surface area contributed by atoms with E-state index in [0.717, 1.165) is 17.8 Å². The third kappa shape index (κ3) is 4.83. The van der Waals surface area contributed by atoms with Crippen LogP contribution in [0.25, 0.3) is 0 Å². The Morgan fingerprint density at radius 2 is 2.13 bits per heavy atom. The van der Waals surface area contributed by atoms with Gasteiger partial charge in [-0.1, -0.05) is 22.9 Å². The number of likely N-dealkylation sites (tertiary alicyclic amines) is 1. The van der Waals surface area contributed by atoms with Crippen LogP contribution < -0.4 is 0 Å². The summed E-state index contributed by atoms with van der Waals surface area (Å²) in [6.07, 6.45) is 3.60. The van der Waals surface area contributed by atoms with E-state index < -0.39 is 0 Å². The smallest absolute Gasteiger partial charge is 0.0552 e. The predicted octanol–water partition coefficient (Wildman–Crippen LogP) is 2.50. The molecule has 3 heteroatoms. The highest BCUT2D eigenvalue weighted by molar-refractivity contribution is 9.09. The first kappa shape index (κ1) is 13.5. The van der Waals surface area contributed by atoms with Crippen molar-refractivity contribution in [1.29, 1.82) is 0 Å². The summed E-state index contributed by atoms with van der Waals surface area (Å²) in [5.41, 5.74) is 0. The molecule has 1 heterocycles. The first-order valence-electron chi connectivity index (χ1n) is 6.10. The molecule has 0 bridgehead atoms. The quantitative estimate of drug-likeness (QED) is 0.755. The van der Waals surface area contributed by atoms with Gasteiger partial charge in [0.15, 0.2) is 0 Å². The van der Waals surface area contributed by atoms with Gasteiger partial charge in [-0.25, -0.2) is 0 Å². The van der Waals surface area contributed by atoms with Gasteiger partial charge in [-0.2, -0.15) is 0 Å². The van der Waals surface area contributed by atoms with Gasteiger partial charge in [-0.05, 0) is 51.1 Å². The highest BCUT2D eigenvalue weighted by atomic mass is 79.9. The van der Waals surface area contributed by atoms with Crippen LogP contribution in [-0.2, 0) is 0 Å². The van der Waals surface area contributed by atoms with Gasteiger partial charge < -0.3 is 10.0 Å². The van der Waals surface area contributed by atoms with E-state index in [4.69, 9.17) is 0 Å². The van der Waals surface area contributed by atoms with Gasteiger partial charge in [0.05, 0.1) is 6.10 Å². The van der Waals surface area contributed by atoms with Crippen molar-refractivity contribution in [2.75, 3.05) is 25.0 Å². The molecule has 1 saturated heterocycles. The van der Waals surface area contributed by atoms with Crippen molar-refractivity contribution in [3.05, 3.63) is 0 Å². The average Bonchev–Trinajstić information content (AvgIpc) is 2.63. The number of halogens is 1.